The third kappa shape index (κ3) is 3.94. The number of aryl methyl sites for hydroxylation is 1. The number of carbonyl (C=O) groups excluding carboxylic acids is 1. The molecular weight excluding hydrogens is 220 g/mol. The van der Waals surface area contributed by atoms with Gasteiger partial charge < -0.3 is 10.6 Å². The molecule has 1 aromatic heterocycles. The molecule has 1 atom stereocenters. The van der Waals surface area contributed by atoms with Crippen molar-refractivity contribution in [2.75, 3.05) is 13.1 Å². The number of hydrogen-bond donors (Lipinski definition) is 2. The van der Waals surface area contributed by atoms with Gasteiger partial charge in [0.2, 0.25) is 5.91 Å². The summed E-state index contributed by atoms with van der Waals surface area (Å²) in [6, 6.07) is 2.08. The van der Waals surface area contributed by atoms with Crippen molar-refractivity contribution in [3.63, 3.8) is 0 Å². The van der Waals surface area contributed by atoms with E-state index in [0.29, 0.717) is 6.54 Å². The predicted octanol–water partition coefficient (Wildman–Crippen LogP) is 1.92. The van der Waals surface area contributed by atoms with Crippen molar-refractivity contribution < 1.29 is 4.79 Å². The van der Waals surface area contributed by atoms with Gasteiger partial charge in [-0.25, -0.2) is 0 Å². The van der Waals surface area contributed by atoms with Gasteiger partial charge in [-0.1, -0.05) is 13.8 Å². The molecule has 0 radical (unpaired) electrons. The molecule has 1 unspecified atom stereocenters. The molecular formula is C12H20N2OS. The van der Waals surface area contributed by atoms with E-state index < -0.39 is 0 Å². The summed E-state index contributed by atoms with van der Waals surface area (Å²) in [5.41, 5.74) is 1.25. The van der Waals surface area contributed by atoms with Crippen LogP contribution in [0.25, 0.3) is 0 Å². The van der Waals surface area contributed by atoms with E-state index in [1.54, 1.807) is 11.3 Å². The Hall–Kier alpha value is -0.870. The van der Waals surface area contributed by atoms with Crippen LogP contribution in [0.15, 0.2) is 11.4 Å². The maximum Gasteiger partial charge on any atom is 0.224 e. The molecule has 0 aliphatic carbocycles. The van der Waals surface area contributed by atoms with Gasteiger partial charge in [0.05, 0.1) is 6.54 Å². The van der Waals surface area contributed by atoms with Gasteiger partial charge in [-0.3, -0.25) is 4.79 Å². The number of nitrogens with one attached hydrogen (secondary N) is 2. The zero-order valence-corrected chi connectivity index (χ0v) is 11.0. The standard InChI is InChI=1S/C12H20N2OS/c1-4-13-7-10(3)12(15)14-8-11-9(2)5-6-16-11/h5-6,10,13H,4,7-8H2,1-3H3,(H,14,15). The molecule has 0 aliphatic rings. The molecule has 0 saturated heterocycles. The van der Waals surface area contributed by atoms with Gasteiger partial charge >= 0.3 is 0 Å². The Kier molecular flexibility index (Phi) is 5.49. The summed E-state index contributed by atoms with van der Waals surface area (Å²) < 4.78 is 0. The second-order valence-electron chi connectivity index (χ2n) is 3.95. The fraction of sp³-hybridized carbons (Fsp3) is 0.583. The molecule has 3 nitrogen and oxygen atoms in total. The molecule has 0 bridgehead atoms. The van der Waals surface area contributed by atoms with E-state index in [9.17, 15) is 4.79 Å². The van der Waals surface area contributed by atoms with Crippen LogP contribution < -0.4 is 10.6 Å². The Bertz CT molecular complexity index is 336. The largest absolute Gasteiger partial charge is 0.351 e. The Morgan fingerprint density at radius 2 is 2.31 bits per heavy atom. The minimum absolute atomic E-state index is 0.0280. The van der Waals surface area contributed by atoms with Crippen LogP contribution in [-0.2, 0) is 11.3 Å². The lowest BCUT2D eigenvalue weighted by atomic mass is 10.1. The summed E-state index contributed by atoms with van der Waals surface area (Å²) in [7, 11) is 0. The number of amides is 1. The minimum Gasteiger partial charge on any atom is -0.351 e. The number of carbonyl (C=O) groups is 1. The minimum atomic E-state index is 0.0280. The Morgan fingerprint density at radius 3 is 2.88 bits per heavy atom. The SMILES string of the molecule is CCNCC(C)C(=O)NCc1sccc1C. The molecule has 16 heavy (non-hydrogen) atoms. The molecule has 1 amide bonds. The fourth-order valence-electron chi connectivity index (χ4n) is 1.38. The molecule has 0 saturated carbocycles. The first kappa shape index (κ1) is 13.2. The van der Waals surface area contributed by atoms with Gasteiger partial charge in [0.15, 0.2) is 0 Å². The van der Waals surface area contributed by atoms with Crippen molar-refractivity contribution in [3.05, 3.63) is 21.9 Å². The number of thiophene rings is 1. The lowest BCUT2D eigenvalue weighted by Gasteiger charge is -2.12. The quantitative estimate of drug-likeness (QED) is 0.797. The van der Waals surface area contributed by atoms with Crippen molar-refractivity contribution >= 4 is 17.2 Å². The van der Waals surface area contributed by atoms with E-state index in [0.717, 1.165) is 13.1 Å². The molecule has 90 valence electrons. The highest BCUT2D eigenvalue weighted by atomic mass is 32.1. The molecule has 0 aromatic carbocycles. The van der Waals surface area contributed by atoms with Crippen LogP contribution in [-0.4, -0.2) is 19.0 Å². The van der Waals surface area contributed by atoms with E-state index in [1.165, 1.54) is 10.4 Å². The highest BCUT2D eigenvalue weighted by molar-refractivity contribution is 7.10. The van der Waals surface area contributed by atoms with Crippen molar-refractivity contribution in [2.24, 2.45) is 5.92 Å². The third-order valence-electron chi connectivity index (χ3n) is 2.54. The van der Waals surface area contributed by atoms with E-state index >= 15 is 0 Å². The highest BCUT2D eigenvalue weighted by Gasteiger charge is 2.12. The monoisotopic (exact) mass is 240 g/mol. The molecule has 1 rings (SSSR count). The second kappa shape index (κ2) is 6.66. The average Bonchev–Trinajstić information content (AvgIpc) is 2.68. The van der Waals surface area contributed by atoms with Crippen molar-refractivity contribution in [1.29, 1.82) is 0 Å². The van der Waals surface area contributed by atoms with Gasteiger partial charge in [-0.05, 0) is 30.5 Å². The summed E-state index contributed by atoms with van der Waals surface area (Å²) in [6.07, 6.45) is 0. The molecule has 0 spiro atoms. The summed E-state index contributed by atoms with van der Waals surface area (Å²) in [4.78, 5) is 12.9. The summed E-state index contributed by atoms with van der Waals surface area (Å²) in [5.74, 6) is 0.147. The van der Waals surface area contributed by atoms with Crippen molar-refractivity contribution in [1.82, 2.24) is 10.6 Å². The first-order chi connectivity index (χ1) is 7.65. The zero-order valence-electron chi connectivity index (χ0n) is 10.2. The summed E-state index contributed by atoms with van der Waals surface area (Å²) >= 11 is 1.69. The van der Waals surface area contributed by atoms with Crippen LogP contribution in [0.5, 0.6) is 0 Å². The maximum absolute atomic E-state index is 11.7. The van der Waals surface area contributed by atoms with Crippen LogP contribution in [0.1, 0.15) is 24.3 Å². The average molecular weight is 240 g/mol. The van der Waals surface area contributed by atoms with E-state index in [-0.39, 0.29) is 11.8 Å². The number of rotatable bonds is 6. The van der Waals surface area contributed by atoms with Crippen LogP contribution in [0.3, 0.4) is 0 Å². The van der Waals surface area contributed by atoms with Gasteiger partial charge in [-0.15, -0.1) is 11.3 Å². The van der Waals surface area contributed by atoms with E-state index in [2.05, 4.69) is 29.0 Å². The molecule has 0 aliphatic heterocycles. The van der Waals surface area contributed by atoms with Crippen LogP contribution >= 0.6 is 11.3 Å². The van der Waals surface area contributed by atoms with Gasteiger partial charge in [0.1, 0.15) is 0 Å². The van der Waals surface area contributed by atoms with Crippen LogP contribution in [0, 0.1) is 12.8 Å². The first-order valence-electron chi connectivity index (χ1n) is 5.66. The molecule has 4 heteroatoms. The van der Waals surface area contributed by atoms with Gasteiger partial charge in [0, 0.05) is 17.3 Å². The summed E-state index contributed by atoms with van der Waals surface area (Å²) in [5, 5.41) is 8.20. The first-order valence-corrected chi connectivity index (χ1v) is 6.54. The predicted molar refractivity (Wildman–Crippen MR) is 68.6 cm³/mol. The third-order valence-corrected chi connectivity index (χ3v) is 3.56. The highest BCUT2D eigenvalue weighted by Crippen LogP contribution is 2.14. The maximum atomic E-state index is 11.7. The topological polar surface area (TPSA) is 41.1 Å². The van der Waals surface area contributed by atoms with Gasteiger partial charge in [0.25, 0.3) is 0 Å². The van der Waals surface area contributed by atoms with Crippen LogP contribution in [0.4, 0.5) is 0 Å². The summed E-state index contributed by atoms with van der Waals surface area (Å²) in [6.45, 7) is 8.35. The Morgan fingerprint density at radius 1 is 1.56 bits per heavy atom. The Labute approximate surface area is 101 Å². The van der Waals surface area contributed by atoms with Crippen LogP contribution in [0.2, 0.25) is 0 Å². The number of hydrogen-bond acceptors (Lipinski definition) is 3. The van der Waals surface area contributed by atoms with E-state index in [1.807, 2.05) is 13.8 Å². The molecule has 0 fully saturated rings. The molecule has 2 N–H and O–H groups in total. The molecule has 1 heterocycles. The lowest BCUT2D eigenvalue weighted by Crippen LogP contribution is -2.34. The van der Waals surface area contributed by atoms with E-state index in [4.69, 9.17) is 0 Å². The smallest absolute Gasteiger partial charge is 0.224 e. The molecule has 1 aromatic rings. The normalized spacial score (nSPS) is 12.4. The lowest BCUT2D eigenvalue weighted by molar-refractivity contribution is -0.124. The van der Waals surface area contributed by atoms with Crippen molar-refractivity contribution in [3.8, 4) is 0 Å². The zero-order chi connectivity index (χ0) is 12.0. The fourth-order valence-corrected chi connectivity index (χ4v) is 2.23. The second-order valence-corrected chi connectivity index (χ2v) is 4.95. The Balaban J connectivity index is 2.32. The van der Waals surface area contributed by atoms with Crippen molar-refractivity contribution in [2.45, 2.75) is 27.3 Å². The van der Waals surface area contributed by atoms with Gasteiger partial charge in [-0.2, -0.15) is 0 Å².